The Balaban J connectivity index is 0.000000192. The van der Waals surface area contributed by atoms with Gasteiger partial charge in [0.2, 0.25) is 0 Å². The quantitative estimate of drug-likeness (QED) is 0.682. The van der Waals surface area contributed by atoms with Gasteiger partial charge in [-0.15, -0.1) is 0 Å². The third-order valence-electron chi connectivity index (χ3n) is 4.48. The SMILES string of the molecule is C1CCCNCCC1.c1ccc(COc2ccc3[nH]ccc3c2)cc1. The largest absolute Gasteiger partial charge is 0.489 e. The van der Waals surface area contributed by atoms with Gasteiger partial charge in [-0.3, -0.25) is 0 Å². The van der Waals surface area contributed by atoms with E-state index in [9.17, 15) is 0 Å². The highest BCUT2D eigenvalue weighted by atomic mass is 16.5. The molecule has 0 amide bonds. The lowest BCUT2D eigenvalue weighted by molar-refractivity contribution is 0.306. The van der Waals surface area contributed by atoms with Crippen LogP contribution in [0.15, 0.2) is 60.8 Å². The molecule has 0 atom stereocenters. The fourth-order valence-electron chi connectivity index (χ4n) is 3.02. The lowest BCUT2D eigenvalue weighted by atomic mass is 10.1. The number of hydrogen-bond acceptors (Lipinski definition) is 2. The monoisotopic (exact) mass is 336 g/mol. The van der Waals surface area contributed by atoms with E-state index in [2.05, 4.69) is 28.5 Å². The van der Waals surface area contributed by atoms with Gasteiger partial charge in [0.15, 0.2) is 0 Å². The zero-order chi connectivity index (χ0) is 17.2. The number of rotatable bonds is 3. The van der Waals surface area contributed by atoms with E-state index >= 15 is 0 Å². The predicted molar refractivity (Wildman–Crippen MR) is 105 cm³/mol. The molecule has 2 aromatic carbocycles. The van der Waals surface area contributed by atoms with Crippen LogP contribution in [0.2, 0.25) is 0 Å². The van der Waals surface area contributed by atoms with Crippen molar-refractivity contribution < 1.29 is 4.74 Å². The van der Waals surface area contributed by atoms with Crippen LogP contribution in [0, 0.1) is 0 Å². The van der Waals surface area contributed by atoms with Crippen molar-refractivity contribution in [1.29, 1.82) is 0 Å². The molecule has 3 aromatic rings. The first-order valence-corrected chi connectivity index (χ1v) is 9.36. The number of nitrogens with one attached hydrogen (secondary N) is 2. The lowest BCUT2D eigenvalue weighted by Gasteiger charge is -2.08. The van der Waals surface area contributed by atoms with Gasteiger partial charge in [0, 0.05) is 17.1 Å². The Labute approximate surface area is 150 Å². The number of hydrogen-bond donors (Lipinski definition) is 2. The smallest absolute Gasteiger partial charge is 0.120 e. The number of aromatic nitrogens is 1. The zero-order valence-corrected chi connectivity index (χ0v) is 14.8. The molecule has 4 rings (SSSR count). The highest BCUT2D eigenvalue weighted by Gasteiger charge is 1.98. The third-order valence-corrected chi connectivity index (χ3v) is 4.48. The second-order valence-electron chi connectivity index (χ2n) is 6.52. The van der Waals surface area contributed by atoms with Crippen molar-refractivity contribution >= 4 is 10.9 Å². The van der Waals surface area contributed by atoms with Crippen molar-refractivity contribution in [2.45, 2.75) is 38.7 Å². The molecular formula is C22H28N2O. The molecule has 1 saturated heterocycles. The highest BCUT2D eigenvalue weighted by Crippen LogP contribution is 2.20. The Morgan fingerprint density at radius 2 is 1.56 bits per heavy atom. The van der Waals surface area contributed by atoms with Crippen molar-refractivity contribution in [2.75, 3.05) is 13.1 Å². The highest BCUT2D eigenvalue weighted by molar-refractivity contribution is 5.80. The summed E-state index contributed by atoms with van der Waals surface area (Å²) >= 11 is 0. The molecule has 0 saturated carbocycles. The number of aromatic amines is 1. The third kappa shape index (κ3) is 5.95. The molecule has 0 bridgehead atoms. The van der Waals surface area contributed by atoms with Crippen LogP contribution in [0.25, 0.3) is 10.9 Å². The fraction of sp³-hybridized carbons (Fsp3) is 0.364. The molecule has 1 aliphatic rings. The summed E-state index contributed by atoms with van der Waals surface area (Å²) in [6, 6.07) is 18.3. The Kier molecular flexibility index (Phi) is 6.95. The summed E-state index contributed by atoms with van der Waals surface area (Å²) in [7, 11) is 0. The van der Waals surface area contributed by atoms with Crippen LogP contribution in [-0.2, 0) is 6.61 Å². The zero-order valence-electron chi connectivity index (χ0n) is 14.8. The molecule has 0 radical (unpaired) electrons. The summed E-state index contributed by atoms with van der Waals surface area (Å²) in [5, 5.41) is 4.56. The van der Waals surface area contributed by atoms with Crippen molar-refractivity contribution in [3.05, 3.63) is 66.4 Å². The standard InChI is InChI=1S/C15H13NO.C7H15N/c1-2-4-12(5-3-1)11-17-14-6-7-15-13(10-14)8-9-16-15;1-2-4-6-8-7-5-3-1/h1-10,16H,11H2;8H,1-7H2. The molecule has 25 heavy (non-hydrogen) atoms. The van der Waals surface area contributed by atoms with Crippen LogP contribution < -0.4 is 10.1 Å². The molecule has 0 unspecified atom stereocenters. The maximum Gasteiger partial charge on any atom is 0.120 e. The van der Waals surface area contributed by atoms with E-state index < -0.39 is 0 Å². The number of H-pyrrole nitrogens is 1. The van der Waals surface area contributed by atoms with Gasteiger partial charge in [0.25, 0.3) is 0 Å². The van der Waals surface area contributed by atoms with E-state index in [1.54, 1.807) is 0 Å². The molecule has 2 heterocycles. The average molecular weight is 336 g/mol. The Hall–Kier alpha value is -2.26. The lowest BCUT2D eigenvalue weighted by Crippen LogP contribution is -2.18. The van der Waals surface area contributed by atoms with Crippen molar-refractivity contribution in [2.24, 2.45) is 0 Å². The Morgan fingerprint density at radius 3 is 2.36 bits per heavy atom. The predicted octanol–water partition coefficient (Wildman–Crippen LogP) is 5.29. The van der Waals surface area contributed by atoms with Crippen molar-refractivity contribution in [3.63, 3.8) is 0 Å². The minimum absolute atomic E-state index is 0.608. The molecule has 1 fully saturated rings. The summed E-state index contributed by atoms with van der Waals surface area (Å²) in [6.45, 7) is 3.11. The van der Waals surface area contributed by atoms with Crippen LogP contribution in [0.3, 0.4) is 0 Å². The maximum atomic E-state index is 5.76. The van der Waals surface area contributed by atoms with Gasteiger partial charge >= 0.3 is 0 Å². The summed E-state index contributed by atoms with van der Waals surface area (Å²) in [6.07, 6.45) is 9.05. The molecule has 0 spiro atoms. The van der Waals surface area contributed by atoms with Crippen LogP contribution in [0.5, 0.6) is 5.75 Å². The van der Waals surface area contributed by atoms with Gasteiger partial charge in [-0.05, 0) is 55.8 Å². The van der Waals surface area contributed by atoms with Crippen LogP contribution in [0.1, 0.15) is 37.7 Å². The van der Waals surface area contributed by atoms with Crippen LogP contribution in [0.4, 0.5) is 0 Å². The maximum absolute atomic E-state index is 5.76. The van der Waals surface area contributed by atoms with E-state index in [0.29, 0.717) is 6.61 Å². The molecule has 0 aliphatic carbocycles. The van der Waals surface area contributed by atoms with Crippen molar-refractivity contribution in [3.8, 4) is 5.75 Å². The number of fused-ring (bicyclic) bond motifs is 1. The summed E-state index contributed by atoms with van der Waals surface area (Å²) in [5.74, 6) is 0.904. The number of benzene rings is 2. The van der Waals surface area contributed by atoms with E-state index in [1.807, 2.05) is 42.6 Å². The first kappa shape index (κ1) is 17.6. The van der Waals surface area contributed by atoms with E-state index in [-0.39, 0.29) is 0 Å². The fourth-order valence-corrected chi connectivity index (χ4v) is 3.02. The first-order chi connectivity index (χ1) is 12.4. The molecule has 1 aliphatic heterocycles. The van der Waals surface area contributed by atoms with E-state index in [4.69, 9.17) is 4.74 Å². The molecule has 2 N–H and O–H groups in total. The van der Waals surface area contributed by atoms with E-state index in [1.165, 1.54) is 56.1 Å². The minimum Gasteiger partial charge on any atom is -0.489 e. The Bertz CT molecular complexity index is 712. The van der Waals surface area contributed by atoms with Gasteiger partial charge < -0.3 is 15.0 Å². The summed E-state index contributed by atoms with van der Waals surface area (Å²) in [4.78, 5) is 3.16. The Morgan fingerprint density at radius 1 is 0.800 bits per heavy atom. The average Bonchev–Trinajstić information content (AvgIpc) is 3.09. The summed E-state index contributed by atoms with van der Waals surface area (Å²) in [5.41, 5.74) is 2.32. The topological polar surface area (TPSA) is 37.0 Å². The molecule has 132 valence electrons. The molecule has 3 nitrogen and oxygen atoms in total. The van der Waals surface area contributed by atoms with Crippen LogP contribution >= 0.6 is 0 Å². The van der Waals surface area contributed by atoms with Gasteiger partial charge in [-0.1, -0.05) is 49.6 Å². The van der Waals surface area contributed by atoms with Gasteiger partial charge in [-0.25, -0.2) is 0 Å². The molecule has 3 heteroatoms. The minimum atomic E-state index is 0.608. The second-order valence-corrected chi connectivity index (χ2v) is 6.52. The van der Waals surface area contributed by atoms with E-state index in [0.717, 1.165) is 11.3 Å². The first-order valence-electron chi connectivity index (χ1n) is 9.36. The second kappa shape index (κ2) is 9.90. The normalized spacial score (nSPS) is 14.9. The molecular weight excluding hydrogens is 308 g/mol. The van der Waals surface area contributed by atoms with Gasteiger partial charge in [0.05, 0.1) is 0 Å². The summed E-state index contributed by atoms with van der Waals surface area (Å²) < 4.78 is 5.76. The molecule has 1 aromatic heterocycles. The number of ether oxygens (including phenoxy) is 1. The van der Waals surface area contributed by atoms with Gasteiger partial charge in [0.1, 0.15) is 12.4 Å². The van der Waals surface area contributed by atoms with Gasteiger partial charge in [-0.2, -0.15) is 0 Å². The van der Waals surface area contributed by atoms with Crippen molar-refractivity contribution in [1.82, 2.24) is 10.3 Å². The van der Waals surface area contributed by atoms with Crippen LogP contribution in [-0.4, -0.2) is 18.1 Å².